The number of carbonyl (C=O) groups excluding carboxylic acids is 1. The first-order chi connectivity index (χ1) is 8.63. The molecule has 0 unspecified atom stereocenters. The third-order valence-corrected chi connectivity index (χ3v) is 2.39. The van der Waals surface area contributed by atoms with Crippen LogP contribution in [0.3, 0.4) is 0 Å². The lowest BCUT2D eigenvalue weighted by molar-refractivity contribution is -0.0498. The number of amides is 1. The van der Waals surface area contributed by atoms with E-state index in [1.807, 2.05) is 0 Å². The molecule has 0 spiro atoms. The van der Waals surface area contributed by atoms with Crippen molar-refractivity contribution >= 4 is 5.91 Å². The average molecular weight is 257 g/mol. The highest BCUT2D eigenvalue weighted by Crippen LogP contribution is 2.15. The molecule has 1 aromatic carbocycles. The summed E-state index contributed by atoms with van der Waals surface area (Å²) in [6, 6.07) is 5.77. The molecule has 100 valence electrons. The van der Waals surface area contributed by atoms with Crippen molar-refractivity contribution in [1.29, 1.82) is 0 Å². The van der Waals surface area contributed by atoms with Gasteiger partial charge < -0.3 is 10.1 Å². The van der Waals surface area contributed by atoms with E-state index in [0.717, 1.165) is 19.3 Å². The highest BCUT2D eigenvalue weighted by atomic mass is 19.3. The van der Waals surface area contributed by atoms with E-state index < -0.39 is 6.61 Å². The average Bonchev–Trinajstić information content (AvgIpc) is 2.34. The lowest BCUT2D eigenvalue weighted by Crippen LogP contribution is -2.24. The number of hydrogen-bond donors (Lipinski definition) is 1. The molecule has 0 saturated heterocycles. The van der Waals surface area contributed by atoms with Gasteiger partial charge in [-0.15, -0.1) is 0 Å². The Kier molecular flexibility index (Phi) is 6.11. The molecule has 0 aliphatic carbocycles. The van der Waals surface area contributed by atoms with Gasteiger partial charge in [0.25, 0.3) is 5.91 Å². The third kappa shape index (κ3) is 5.12. The van der Waals surface area contributed by atoms with E-state index in [4.69, 9.17) is 0 Å². The summed E-state index contributed by atoms with van der Waals surface area (Å²) in [7, 11) is 0. The van der Waals surface area contributed by atoms with E-state index in [0.29, 0.717) is 12.1 Å². The van der Waals surface area contributed by atoms with Crippen molar-refractivity contribution in [3.63, 3.8) is 0 Å². The molecule has 0 heterocycles. The van der Waals surface area contributed by atoms with Gasteiger partial charge in [0.15, 0.2) is 0 Å². The van der Waals surface area contributed by atoms with Gasteiger partial charge in [0.1, 0.15) is 5.75 Å². The maximum atomic E-state index is 12.0. The standard InChI is InChI=1S/C13H17F2NO2/c1-2-3-4-8-16-12(17)10-6-5-7-11(9-10)18-13(14)15/h5-7,9,13H,2-4,8H2,1H3,(H,16,17). The van der Waals surface area contributed by atoms with Crippen molar-refractivity contribution < 1.29 is 18.3 Å². The molecule has 0 bridgehead atoms. The van der Waals surface area contributed by atoms with Crippen molar-refractivity contribution in [3.05, 3.63) is 29.8 Å². The van der Waals surface area contributed by atoms with Gasteiger partial charge in [0, 0.05) is 12.1 Å². The fourth-order valence-corrected chi connectivity index (χ4v) is 1.49. The summed E-state index contributed by atoms with van der Waals surface area (Å²) in [6.07, 6.45) is 3.04. The monoisotopic (exact) mass is 257 g/mol. The molecule has 1 amide bonds. The second-order valence-corrected chi connectivity index (χ2v) is 3.87. The molecule has 18 heavy (non-hydrogen) atoms. The molecule has 5 heteroatoms. The van der Waals surface area contributed by atoms with E-state index in [-0.39, 0.29) is 11.7 Å². The zero-order valence-electron chi connectivity index (χ0n) is 10.3. The Bertz CT molecular complexity index is 383. The van der Waals surface area contributed by atoms with Crippen LogP contribution in [0.2, 0.25) is 0 Å². The largest absolute Gasteiger partial charge is 0.435 e. The summed E-state index contributed by atoms with van der Waals surface area (Å²) >= 11 is 0. The number of hydrogen-bond acceptors (Lipinski definition) is 2. The predicted octanol–water partition coefficient (Wildman–Crippen LogP) is 3.21. The Balaban J connectivity index is 2.51. The SMILES string of the molecule is CCCCCNC(=O)c1cccc(OC(F)F)c1. The quantitative estimate of drug-likeness (QED) is 0.762. The van der Waals surface area contributed by atoms with Crippen molar-refractivity contribution in [1.82, 2.24) is 5.32 Å². The van der Waals surface area contributed by atoms with Crippen LogP contribution in [0.25, 0.3) is 0 Å². The number of benzene rings is 1. The Labute approximate surface area is 105 Å². The highest BCUT2D eigenvalue weighted by molar-refractivity contribution is 5.94. The minimum Gasteiger partial charge on any atom is -0.435 e. The highest BCUT2D eigenvalue weighted by Gasteiger charge is 2.08. The summed E-state index contributed by atoms with van der Waals surface area (Å²) in [6.45, 7) is -0.215. The van der Waals surface area contributed by atoms with Gasteiger partial charge in [-0.05, 0) is 24.6 Å². The van der Waals surface area contributed by atoms with E-state index in [1.54, 1.807) is 6.07 Å². The number of alkyl halides is 2. The Morgan fingerprint density at radius 2 is 2.17 bits per heavy atom. The number of rotatable bonds is 7. The lowest BCUT2D eigenvalue weighted by atomic mass is 10.2. The first-order valence-electron chi connectivity index (χ1n) is 5.96. The Hall–Kier alpha value is -1.65. The lowest BCUT2D eigenvalue weighted by Gasteiger charge is -2.07. The van der Waals surface area contributed by atoms with Crippen LogP contribution in [0.5, 0.6) is 5.75 Å². The number of nitrogens with one attached hydrogen (secondary N) is 1. The molecule has 1 N–H and O–H groups in total. The van der Waals surface area contributed by atoms with Crippen LogP contribution in [0.4, 0.5) is 8.78 Å². The van der Waals surface area contributed by atoms with Crippen LogP contribution in [-0.2, 0) is 0 Å². The van der Waals surface area contributed by atoms with E-state index in [1.165, 1.54) is 18.2 Å². The van der Waals surface area contributed by atoms with Crippen LogP contribution in [0, 0.1) is 0 Å². The van der Waals surface area contributed by atoms with Crippen LogP contribution < -0.4 is 10.1 Å². The summed E-state index contributed by atoms with van der Waals surface area (Å²) < 4.78 is 28.3. The molecule has 0 saturated carbocycles. The first-order valence-corrected chi connectivity index (χ1v) is 5.96. The van der Waals surface area contributed by atoms with E-state index >= 15 is 0 Å². The molecule has 0 atom stereocenters. The topological polar surface area (TPSA) is 38.3 Å². The van der Waals surface area contributed by atoms with Crippen molar-refractivity contribution in [2.75, 3.05) is 6.54 Å². The zero-order valence-corrected chi connectivity index (χ0v) is 10.3. The molecule has 0 aromatic heterocycles. The summed E-state index contributed by atoms with van der Waals surface area (Å²) in [5.74, 6) is -0.281. The molecule has 0 fully saturated rings. The van der Waals surface area contributed by atoms with Crippen LogP contribution in [0.15, 0.2) is 24.3 Å². The van der Waals surface area contributed by atoms with Crippen molar-refractivity contribution in [2.45, 2.75) is 32.8 Å². The van der Waals surface area contributed by atoms with Crippen LogP contribution in [0.1, 0.15) is 36.5 Å². The smallest absolute Gasteiger partial charge is 0.387 e. The second-order valence-electron chi connectivity index (χ2n) is 3.87. The van der Waals surface area contributed by atoms with Gasteiger partial charge in [0.2, 0.25) is 0 Å². The Morgan fingerprint density at radius 3 is 2.83 bits per heavy atom. The molecular weight excluding hydrogens is 240 g/mol. The fraction of sp³-hybridized carbons (Fsp3) is 0.462. The number of halogens is 2. The predicted molar refractivity (Wildman–Crippen MR) is 64.9 cm³/mol. The molecular formula is C13H17F2NO2. The van der Waals surface area contributed by atoms with Crippen molar-refractivity contribution in [2.24, 2.45) is 0 Å². The number of ether oxygens (including phenoxy) is 1. The molecule has 1 aromatic rings. The molecule has 1 rings (SSSR count). The number of unbranched alkanes of at least 4 members (excludes halogenated alkanes) is 2. The summed E-state index contributed by atoms with van der Waals surface area (Å²) in [5.41, 5.74) is 0.324. The fourth-order valence-electron chi connectivity index (χ4n) is 1.49. The van der Waals surface area contributed by atoms with Gasteiger partial charge in [-0.2, -0.15) is 8.78 Å². The minimum absolute atomic E-state index is 0.00814. The molecule has 3 nitrogen and oxygen atoms in total. The zero-order chi connectivity index (χ0) is 13.4. The van der Waals surface area contributed by atoms with Gasteiger partial charge >= 0.3 is 6.61 Å². The molecule has 0 aliphatic rings. The van der Waals surface area contributed by atoms with E-state index in [2.05, 4.69) is 17.0 Å². The van der Waals surface area contributed by atoms with Gasteiger partial charge in [-0.1, -0.05) is 25.8 Å². The second kappa shape index (κ2) is 7.63. The Morgan fingerprint density at radius 1 is 1.39 bits per heavy atom. The molecule has 0 radical (unpaired) electrons. The maximum absolute atomic E-state index is 12.0. The molecule has 0 aliphatic heterocycles. The van der Waals surface area contributed by atoms with Gasteiger partial charge in [0.05, 0.1) is 0 Å². The summed E-state index contributed by atoms with van der Waals surface area (Å²) in [5, 5.41) is 2.73. The normalized spacial score (nSPS) is 10.4. The third-order valence-electron chi connectivity index (χ3n) is 2.39. The van der Waals surface area contributed by atoms with Gasteiger partial charge in [-0.25, -0.2) is 0 Å². The van der Waals surface area contributed by atoms with Gasteiger partial charge in [-0.3, -0.25) is 4.79 Å². The minimum atomic E-state index is -2.88. The van der Waals surface area contributed by atoms with Crippen LogP contribution in [-0.4, -0.2) is 19.1 Å². The van der Waals surface area contributed by atoms with E-state index in [9.17, 15) is 13.6 Å². The van der Waals surface area contributed by atoms with Crippen LogP contribution >= 0.6 is 0 Å². The summed E-state index contributed by atoms with van der Waals surface area (Å²) in [4.78, 5) is 11.7. The van der Waals surface area contributed by atoms with Crippen molar-refractivity contribution in [3.8, 4) is 5.75 Å². The number of carbonyl (C=O) groups is 1. The first kappa shape index (κ1) is 14.4. The maximum Gasteiger partial charge on any atom is 0.387 e.